The van der Waals surface area contributed by atoms with Crippen LogP contribution in [-0.2, 0) is 4.79 Å². The molecule has 0 aliphatic carbocycles. The lowest BCUT2D eigenvalue weighted by Gasteiger charge is -2.38. The largest absolute Gasteiger partial charge is 0.353 e. The Labute approximate surface area is 110 Å². The third-order valence-corrected chi connectivity index (χ3v) is 4.12. The van der Waals surface area contributed by atoms with Crippen molar-refractivity contribution < 1.29 is 4.79 Å². The zero-order chi connectivity index (χ0) is 13.0. The van der Waals surface area contributed by atoms with Crippen LogP contribution in [0.5, 0.6) is 0 Å². The van der Waals surface area contributed by atoms with Gasteiger partial charge in [-0.3, -0.25) is 9.69 Å². The van der Waals surface area contributed by atoms with Crippen molar-refractivity contribution in [3.05, 3.63) is 0 Å². The predicted molar refractivity (Wildman–Crippen MR) is 72.6 cm³/mol. The molecule has 2 fully saturated rings. The Kier molecular flexibility index (Phi) is 4.97. The van der Waals surface area contributed by atoms with E-state index in [1.807, 2.05) is 0 Å². The zero-order valence-corrected chi connectivity index (χ0v) is 11.6. The van der Waals surface area contributed by atoms with Crippen LogP contribution in [0.2, 0.25) is 0 Å². The summed E-state index contributed by atoms with van der Waals surface area (Å²) in [6.45, 7) is 4.97. The van der Waals surface area contributed by atoms with Gasteiger partial charge in [0.25, 0.3) is 0 Å². The van der Waals surface area contributed by atoms with Gasteiger partial charge in [-0.1, -0.05) is 6.42 Å². The van der Waals surface area contributed by atoms with Gasteiger partial charge in [0, 0.05) is 32.2 Å². The molecule has 0 spiro atoms. The smallest absolute Gasteiger partial charge is 0.237 e. The fraction of sp³-hybridized carbons (Fsp3) is 0.923. The van der Waals surface area contributed by atoms with Gasteiger partial charge in [0.15, 0.2) is 0 Å². The molecule has 2 saturated heterocycles. The summed E-state index contributed by atoms with van der Waals surface area (Å²) in [6.07, 6.45) is 3.34. The van der Waals surface area contributed by atoms with Crippen LogP contribution in [0.25, 0.3) is 0 Å². The average molecular weight is 254 g/mol. The van der Waals surface area contributed by atoms with E-state index in [-0.39, 0.29) is 11.9 Å². The highest BCUT2D eigenvalue weighted by Crippen LogP contribution is 2.08. The Hall–Kier alpha value is -0.650. The van der Waals surface area contributed by atoms with Gasteiger partial charge in [0.05, 0.1) is 6.04 Å². The minimum atomic E-state index is 0.0328. The molecule has 2 N–H and O–H groups in total. The van der Waals surface area contributed by atoms with Crippen LogP contribution >= 0.6 is 0 Å². The van der Waals surface area contributed by atoms with Crippen LogP contribution in [0, 0.1) is 0 Å². The molecule has 0 aromatic carbocycles. The summed E-state index contributed by atoms with van der Waals surface area (Å²) in [4.78, 5) is 16.7. The first kappa shape index (κ1) is 13.8. The van der Waals surface area contributed by atoms with Crippen molar-refractivity contribution in [3.8, 4) is 0 Å². The Morgan fingerprint density at radius 3 is 2.89 bits per heavy atom. The van der Waals surface area contributed by atoms with E-state index >= 15 is 0 Å². The molecule has 0 aromatic heterocycles. The maximum absolute atomic E-state index is 12.0. The fourth-order valence-corrected chi connectivity index (χ4v) is 2.74. The summed E-state index contributed by atoms with van der Waals surface area (Å²) < 4.78 is 0. The lowest BCUT2D eigenvalue weighted by atomic mass is 10.0. The summed E-state index contributed by atoms with van der Waals surface area (Å²) in [5.74, 6) is 0.177. The van der Waals surface area contributed by atoms with Crippen LogP contribution in [0.3, 0.4) is 0 Å². The first-order valence-electron chi connectivity index (χ1n) is 7.06. The Morgan fingerprint density at radius 2 is 2.17 bits per heavy atom. The van der Waals surface area contributed by atoms with E-state index in [2.05, 4.69) is 34.5 Å². The second-order valence-electron chi connectivity index (χ2n) is 5.64. The maximum atomic E-state index is 12.0. The van der Waals surface area contributed by atoms with Crippen molar-refractivity contribution in [1.82, 2.24) is 20.4 Å². The zero-order valence-electron chi connectivity index (χ0n) is 11.6. The van der Waals surface area contributed by atoms with Crippen molar-refractivity contribution in [1.29, 1.82) is 0 Å². The van der Waals surface area contributed by atoms with Gasteiger partial charge in [-0.15, -0.1) is 0 Å². The van der Waals surface area contributed by atoms with Crippen molar-refractivity contribution >= 4 is 5.91 Å². The Bertz CT molecular complexity index is 278. The third-order valence-electron chi connectivity index (χ3n) is 4.12. The van der Waals surface area contributed by atoms with Gasteiger partial charge < -0.3 is 15.5 Å². The van der Waals surface area contributed by atoms with Gasteiger partial charge in [-0.25, -0.2) is 0 Å². The number of piperazine rings is 1. The lowest BCUT2D eigenvalue weighted by Crippen LogP contribution is -2.56. The number of rotatable bonds is 3. The summed E-state index contributed by atoms with van der Waals surface area (Å²) in [7, 11) is 4.28. The first-order valence-corrected chi connectivity index (χ1v) is 7.06. The van der Waals surface area contributed by atoms with Crippen molar-refractivity contribution in [2.45, 2.75) is 31.3 Å². The minimum Gasteiger partial charge on any atom is -0.353 e. The molecule has 1 unspecified atom stereocenters. The fourth-order valence-electron chi connectivity index (χ4n) is 2.74. The number of nitrogens with one attached hydrogen (secondary N) is 2. The van der Waals surface area contributed by atoms with Crippen LogP contribution in [0.4, 0.5) is 0 Å². The number of hydrogen-bond donors (Lipinski definition) is 2. The van der Waals surface area contributed by atoms with E-state index in [0.29, 0.717) is 6.04 Å². The van der Waals surface area contributed by atoms with Crippen molar-refractivity contribution in [2.24, 2.45) is 0 Å². The molecular weight excluding hydrogens is 228 g/mol. The van der Waals surface area contributed by atoms with E-state index in [0.717, 1.165) is 45.6 Å². The van der Waals surface area contributed by atoms with Gasteiger partial charge >= 0.3 is 0 Å². The third kappa shape index (κ3) is 3.67. The highest BCUT2D eigenvalue weighted by atomic mass is 16.2. The summed E-state index contributed by atoms with van der Waals surface area (Å²) in [5.41, 5.74) is 0. The van der Waals surface area contributed by atoms with Gasteiger partial charge in [-0.05, 0) is 33.5 Å². The second kappa shape index (κ2) is 6.50. The predicted octanol–water partition coefficient (Wildman–Crippen LogP) is -0.509. The second-order valence-corrected chi connectivity index (χ2v) is 5.64. The summed E-state index contributed by atoms with van der Waals surface area (Å²) >= 11 is 0. The molecule has 0 aromatic rings. The monoisotopic (exact) mass is 254 g/mol. The van der Waals surface area contributed by atoms with Gasteiger partial charge in [0.1, 0.15) is 0 Å². The number of carbonyl (C=O) groups excluding carboxylic acids is 1. The molecule has 2 heterocycles. The van der Waals surface area contributed by atoms with Crippen molar-refractivity contribution in [3.63, 3.8) is 0 Å². The molecule has 0 radical (unpaired) electrons. The minimum absolute atomic E-state index is 0.0328. The molecule has 2 rings (SSSR count). The Balaban J connectivity index is 1.74. The quantitative estimate of drug-likeness (QED) is 0.712. The topological polar surface area (TPSA) is 47.6 Å². The number of amides is 1. The van der Waals surface area contributed by atoms with E-state index in [1.165, 1.54) is 6.42 Å². The van der Waals surface area contributed by atoms with Gasteiger partial charge in [-0.2, -0.15) is 0 Å². The average Bonchev–Trinajstić information content (AvgIpc) is 2.40. The molecule has 5 nitrogen and oxygen atoms in total. The highest BCUT2D eigenvalue weighted by molar-refractivity contribution is 5.81. The van der Waals surface area contributed by atoms with E-state index in [1.54, 1.807) is 0 Å². The van der Waals surface area contributed by atoms with Crippen molar-refractivity contribution in [2.75, 3.05) is 46.8 Å². The number of likely N-dealkylation sites (N-methyl/N-ethyl adjacent to an activating group) is 2. The van der Waals surface area contributed by atoms with Crippen LogP contribution in [0.15, 0.2) is 0 Å². The number of carbonyl (C=O) groups is 1. The van der Waals surface area contributed by atoms with E-state index in [4.69, 9.17) is 0 Å². The van der Waals surface area contributed by atoms with Gasteiger partial charge in [0.2, 0.25) is 5.91 Å². The highest BCUT2D eigenvalue weighted by Gasteiger charge is 2.25. The number of nitrogens with zero attached hydrogens (tertiary/aromatic N) is 2. The molecule has 1 amide bonds. The van der Waals surface area contributed by atoms with E-state index < -0.39 is 0 Å². The summed E-state index contributed by atoms with van der Waals surface area (Å²) in [6, 6.07) is 0.474. The molecule has 5 heteroatoms. The summed E-state index contributed by atoms with van der Waals surface area (Å²) in [5, 5.41) is 6.39. The molecule has 2 atom stereocenters. The number of hydrogen-bond acceptors (Lipinski definition) is 4. The first-order chi connectivity index (χ1) is 8.66. The van der Waals surface area contributed by atoms with Crippen LogP contribution < -0.4 is 10.6 Å². The normalized spacial score (nSPS) is 31.2. The molecule has 0 bridgehead atoms. The standard InChI is InChI=1S/C13H26N4O/c1-16-7-8-17(2)11(10-16)9-15-13(18)12-5-3-4-6-14-12/h11-12,14H,3-10H2,1-2H3,(H,15,18)/t11?,12-/m0/s1. The molecule has 2 aliphatic rings. The van der Waals surface area contributed by atoms with E-state index in [9.17, 15) is 4.79 Å². The van der Waals surface area contributed by atoms with Crippen LogP contribution in [0.1, 0.15) is 19.3 Å². The Morgan fingerprint density at radius 1 is 1.33 bits per heavy atom. The molecule has 2 aliphatic heterocycles. The molecule has 0 saturated carbocycles. The molecular formula is C13H26N4O. The lowest BCUT2D eigenvalue weighted by molar-refractivity contribution is -0.124. The number of piperidine rings is 1. The SMILES string of the molecule is CN1CCN(C)C(CNC(=O)[C@@H]2CCCCN2)C1. The molecule has 104 valence electrons. The van der Waals surface area contributed by atoms with Crippen LogP contribution in [-0.4, -0.2) is 74.6 Å². The molecule has 18 heavy (non-hydrogen) atoms. The maximum Gasteiger partial charge on any atom is 0.237 e.